The van der Waals surface area contributed by atoms with Crippen LogP contribution in [0, 0.1) is 0 Å². The predicted molar refractivity (Wildman–Crippen MR) is 143 cm³/mol. The Hall–Kier alpha value is -1.83. The van der Waals surface area contributed by atoms with Gasteiger partial charge in [-0.15, -0.1) is 0 Å². The molecule has 0 heterocycles. The average molecular weight is 504 g/mol. The predicted octanol–water partition coefficient (Wildman–Crippen LogP) is -2.25. The van der Waals surface area contributed by atoms with E-state index in [9.17, 15) is 14.4 Å². The van der Waals surface area contributed by atoms with Crippen LogP contribution in [-0.2, 0) is 14.4 Å². The molecule has 1 unspecified atom stereocenters. The van der Waals surface area contributed by atoms with Gasteiger partial charge in [0.25, 0.3) is 0 Å². The molecule has 0 aromatic rings. The molecule has 11 N–H and O–H groups in total. The van der Waals surface area contributed by atoms with Crippen LogP contribution in [-0.4, -0.2) is 114 Å². The summed E-state index contributed by atoms with van der Waals surface area (Å²) in [6.07, 6.45) is 5.52. The van der Waals surface area contributed by atoms with Crippen molar-refractivity contribution in [1.82, 2.24) is 25.8 Å². The molecule has 0 aliphatic heterocycles. The zero-order valence-electron chi connectivity index (χ0n) is 22.5. The molecule has 2 atom stereocenters. The van der Waals surface area contributed by atoms with Crippen LogP contribution < -0.4 is 38.9 Å². The highest BCUT2D eigenvalue weighted by molar-refractivity contribution is 5.89. The van der Waals surface area contributed by atoms with E-state index in [1.807, 2.05) is 0 Å². The Morgan fingerprint density at radius 1 is 0.686 bits per heavy atom. The highest BCUT2D eigenvalue weighted by Crippen LogP contribution is 2.06. The van der Waals surface area contributed by atoms with E-state index in [2.05, 4.69) is 16.0 Å². The highest BCUT2D eigenvalue weighted by Gasteiger charge is 2.25. The lowest BCUT2D eigenvalue weighted by Crippen LogP contribution is -2.52. The minimum absolute atomic E-state index is 0.0417. The fraction of sp³-hybridized carbons (Fsp3) is 0.870. The number of rotatable bonds is 19. The summed E-state index contributed by atoms with van der Waals surface area (Å²) in [5.41, 5.74) is 21.6. The van der Waals surface area contributed by atoms with E-state index in [-0.39, 0.29) is 30.3 Å². The third-order valence-corrected chi connectivity index (χ3v) is 5.17. The summed E-state index contributed by atoms with van der Waals surface area (Å²) in [6.45, 7) is 4.32. The maximum absolute atomic E-state index is 12.8. The van der Waals surface area contributed by atoms with Crippen LogP contribution in [0.4, 0.5) is 0 Å². The molecule has 0 aliphatic carbocycles. The molecule has 3 amide bonds. The smallest absolute Gasteiger partial charge is 0.244 e. The Morgan fingerprint density at radius 3 is 1.71 bits per heavy atom. The van der Waals surface area contributed by atoms with E-state index >= 15 is 0 Å². The number of likely N-dealkylation sites (N-methyl/N-ethyl adjacent to an activating group) is 2. The summed E-state index contributed by atoms with van der Waals surface area (Å²) >= 11 is 0. The lowest BCUT2D eigenvalue weighted by molar-refractivity contribution is -0.135. The van der Waals surface area contributed by atoms with Crippen LogP contribution in [0.2, 0.25) is 0 Å². The fourth-order valence-corrected chi connectivity index (χ4v) is 3.00. The Balaban J connectivity index is 0. The highest BCUT2D eigenvalue weighted by atomic mass is 16.2. The molecular weight excluding hydrogens is 450 g/mol. The Kier molecular flexibility index (Phi) is 24.1. The Bertz CT molecular complexity index is 548. The fourth-order valence-electron chi connectivity index (χ4n) is 3.00. The van der Waals surface area contributed by atoms with Gasteiger partial charge in [-0.25, -0.2) is 0 Å². The van der Waals surface area contributed by atoms with Crippen LogP contribution in [0.1, 0.15) is 44.9 Å². The molecule has 208 valence electrons. The average Bonchev–Trinajstić information content (AvgIpc) is 2.83. The monoisotopic (exact) mass is 503 g/mol. The molecule has 0 bridgehead atoms. The largest absolute Gasteiger partial charge is 0.348 e. The van der Waals surface area contributed by atoms with Gasteiger partial charge >= 0.3 is 0 Å². The first kappa shape index (κ1) is 35.3. The second-order valence-corrected chi connectivity index (χ2v) is 8.75. The van der Waals surface area contributed by atoms with Gasteiger partial charge < -0.3 is 48.7 Å². The number of nitrogens with one attached hydrogen (secondary N) is 3. The second-order valence-electron chi connectivity index (χ2n) is 8.75. The molecule has 0 aromatic carbocycles. The first-order valence-electron chi connectivity index (χ1n) is 12.6. The first-order chi connectivity index (χ1) is 16.7. The number of amides is 3. The summed E-state index contributed by atoms with van der Waals surface area (Å²) in [4.78, 5) is 38.6. The Labute approximate surface area is 212 Å². The third kappa shape index (κ3) is 20.1. The topological polar surface area (TPSA) is 198 Å². The zero-order chi connectivity index (χ0) is 27.1. The summed E-state index contributed by atoms with van der Waals surface area (Å²) in [5, 5.41) is 9.55. The number of unbranched alkanes of at least 4 members (excludes halogenated alkanes) is 1. The standard InChI is InChI=1S/C19H43N7O2.C4H10N2O/c1-26(2)19(28)17(8-3-4-10-20)25-18(27)16(24-15-7-12-22)9-5-13-23-14-6-11-21;1-6(2)4(7)3-5/h16-17,23-24H,3-15,20-22H2,1-2H3,(H,25,27);3,5H2,1-2H3/t16-,17?;/m0./s1. The molecule has 12 heteroatoms. The minimum Gasteiger partial charge on any atom is -0.348 e. The Morgan fingerprint density at radius 2 is 1.23 bits per heavy atom. The number of hydrogen-bond donors (Lipinski definition) is 7. The molecule has 12 nitrogen and oxygen atoms in total. The third-order valence-electron chi connectivity index (χ3n) is 5.17. The summed E-state index contributed by atoms with van der Waals surface area (Å²) in [7, 11) is 6.76. The zero-order valence-corrected chi connectivity index (χ0v) is 22.5. The molecular formula is C23H53N9O3. The quantitative estimate of drug-likeness (QED) is 0.0951. The maximum Gasteiger partial charge on any atom is 0.244 e. The van der Waals surface area contributed by atoms with Crippen LogP contribution in [0.25, 0.3) is 0 Å². The lowest BCUT2D eigenvalue weighted by Gasteiger charge is -2.25. The molecule has 0 saturated heterocycles. The normalized spacial score (nSPS) is 12.2. The van der Waals surface area contributed by atoms with Gasteiger partial charge in [-0.2, -0.15) is 0 Å². The molecule has 0 spiro atoms. The molecule has 0 radical (unpaired) electrons. The van der Waals surface area contributed by atoms with Crippen molar-refractivity contribution < 1.29 is 14.4 Å². The van der Waals surface area contributed by atoms with Gasteiger partial charge in [0, 0.05) is 28.2 Å². The van der Waals surface area contributed by atoms with Crippen molar-refractivity contribution in [3.05, 3.63) is 0 Å². The van der Waals surface area contributed by atoms with Crippen LogP contribution in [0.5, 0.6) is 0 Å². The number of carbonyl (C=O) groups excluding carboxylic acids is 3. The number of carbonyl (C=O) groups is 3. The second kappa shape index (κ2) is 23.9. The van der Waals surface area contributed by atoms with E-state index in [0.29, 0.717) is 39.0 Å². The van der Waals surface area contributed by atoms with E-state index < -0.39 is 6.04 Å². The van der Waals surface area contributed by atoms with Crippen LogP contribution >= 0.6 is 0 Å². The molecule has 0 saturated carbocycles. The molecule has 0 aliphatic rings. The van der Waals surface area contributed by atoms with Gasteiger partial charge in [-0.1, -0.05) is 0 Å². The van der Waals surface area contributed by atoms with E-state index in [1.165, 1.54) is 9.80 Å². The first-order valence-corrected chi connectivity index (χ1v) is 12.6. The summed E-state index contributed by atoms with van der Waals surface area (Å²) in [5.74, 6) is -0.263. The van der Waals surface area contributed by atoms with Crippen LogP contribution in [0.3, 0.4) is 0 Å². The van der Waals surface area contributed by atoms with E-state index in [0.717, 1.165) is 45.2 Å². The number of nitrogens with two attached hydrogens (primary N) is 4. The van der Waals surface area contributed by atoms with E-state index in [1.54, 1.807) is 28.2 Å². The van der Waals surface area contributed by atoms with Crippen molar-refractivity contribution in [2.75, 3.05) is 74.0 Å². The van der Waals surface area contributed by atoms with Crippen molar-refractivity contribution in [3.8, 4) is 0 Å². The number of nitrogens with zero attached hydrogens (tertiary/aromatic N) is 2. The molecule has 0 fully saturated rings. The van der Waals surface area contributed by atoms with Crippen molar-refractivity contribution in [3.63, 3.8) is 0 Å². The minimum atomic E-state index is -0.518. The van der Waals surface area contributed by atoms with Gasteiger partial charge in [0.05, 0.1) is 12.6 Å². The van der Waals surface area contributed by atoms with Crippen molar-refractivity contribution >= 4 is 17.7 Å². The van der Waals surface area contributed by atoms with Crippen molar-refractivity contribution in [2.45, 2.75) is 57.0 Å². The van der Waals surface area contributed by atoms with Gasteiger partial charge in [0.15, 0.2) is 0 Å². The summed E-state index contributed by atoms with van der Waals surface area (Å²) in [6, 6.07) is -0.856. The van der Waals surface area contributed by atoms with Crippen LogP contribution in [0.15, 0.2) is 0 Å². The molecule has 35 heavy (non-hydrogen) atoms. The van der Waals surface area contributed by atoms with Crippen molar-refractivity contribution in [2.24, 2.45) is 22.9 Å². The number of hydrogen-bond acceptors (Lipinski definition) is 9. The SMILES string of the molecule is CN(C)C(=O)C(CCCCN)NC(=O)[C@H](CCCNCCCN)NCCCN.CN(C)C(=O)CN. The van der Waals surface area contributed by atoms with Crippen molar-refractivity contribution in [1.29, 1.82) is 0 Å². The molecule has 0 aromatic heterocycles. The summed E-state index contributed by atoms with van der Waals surface area (Å²) < 4.78 is 0. The van der Waals surface area contributed by atoms with E-state index in [4.69, 9.17) is 22.9 Å². The lowest BCUT2D eigenvalue weighted by atomic mass is 10.1. The maximum atomic E-state index is 12.8. The van der Waals surface area contributed by atoms with Gasteiger partial charge in [0.2, 0.25) is 17.7 Å². The van der Waals surface area contributed by atoms with Gasteiger partial charge in [-0.05, 0) is 84.2 Å². The van der Waals surface area contributed by atoms with Gasteiger partial charge in [0.1, 0.15) is 6.04 Å². The molecule has 0 rings (SSSR count). The van der Waals surface area contributed by atoms with Gasteiger partial charge in [-0.3, -0.25) is 14.4 Å².